The second-order valence-electron chi connectivity index (χ2n) is 9.13. The van der Waals surface area contributed by atoms with Gasteiger partial charge in [0.1, 0.15) is 17.6 Å². The molecule has 5 rings (SSSR count). The van der Waals surface area contributed by atoms with Gasteiger partial charge in [-0.3, -0.25) is 14.2 Å². The summed E-state index contributed by atoms with van der Waals surface area (Å²) in [6, 6.07) is 5.50. The number of nitrogens with zero attached hydrogens (tertiary/aromatic N) is 7. The van der Waals surface area contributed by atoms with Crippen LogP contribution in [0.25, 0.3) is 22.2 Å². The number of nitrogens with one attached hydrogen (secondary N) is 1. The van der Waals surface area contributed by atoms with E-state index in [-0.39, 0.29) is 23.7 Å². The maximum absolute atomic E-state index is 12.0. The number of aromatic nitrogens is 7. The van der Waals surface area contributed by atoms with E-state index in [1.165, 1.54) is 10.7 Å². The lowest BCUT2D eigenvalue weighted by Crippen LogP contribution is -2.28. The molecule has 4 aromatic heterocycles. The van der Waals surface area contributed by atoms with Crippen LogP contribution < -0.4 is 15.6 Å². The van der Waals surface area contributed by atoms with Gasteiger partial charge in [-0.15, -0.1) is 5.10 Å². The van der Waals surface area contributed by atoms with E-state index in [9.17, 15) is 4.79 Å². The van der Waals surface area contributed by atoms with E-state index in [0.29, 0.717) is 5.88 Å². The van der Waals surface area contributed by atoms with Gasteiger partial charge < -0.3 is 10.1 Å². The number of hydrogen-bond acceptors (Lipinski definition) is 7. The van der Waals surface area contributed by atoms with Crippen LogP contribution in [0.15, 0.2) is 41.6 Å². The Bertz CT molecular complexity index is 1360. The molecular weight excluding hydrogens is 432 g/mol. The first-order valence-corrected chi connectivity index (χ1v) is 11.7. The van der Waals surface area contributed by atoms with Crippen LogP contribution in [0.5, 0.6) is 5.88 Å². The van der Waals surface area contributed by atoms with E-state index in [2.05, 4.69) is 31.2 Å². The molecule has 1 aliphatic rings. The van der Waals surface area contributed by atoms with Crippen molar-refractivity contribution in [2.75, 3.05) is 12.4 Å². The van der Waals surface area contributed by atoms with Crippen LogP contribution >= 0.6 is 0 Å². The molecule has 0 bridgehead atoms. The Kier molecular flexibility index (Phi) is 5.80. The number of anilines is 1. The van der Waals surface area contributed by atoms with Gasteiger partial charge in [-0.1, -0.05) is 0 Å². The van der Waals surface area contributed by atoms with Crippen LogP contribution in [0.1, 0.15) is 51.6 Å². The first kappa shape index (κ1) is 22.1. The summed E-state index contributed by atoms with van der Waals surface area (Å²) >= 11 is 0. The van der Waals surface area contributed by atoms with Crippen molar-refractivity contribution >= 4 is 16.7 Å². The number of fused-ring (bicyclic) bond motifs is 1. The van der Waals surface area contributed by atoms with Gasteiger partial charge in [-0.25, -0.2) is 9.67 Å². The molecule has 0 aromatic carbocycles. The van der Waals surface area contributed by atoms with Crippen molar-refractivity contribution in [1.29, 1.82) is 0 Å². The third-order valence-corrected chi connectivity index (χ3v) is 6.39. The Hall–Kier alpha value is -3.69. The topological polar surface area (TPSA) is 105 Å². The van der Waals surface area contributed by atoms with Gasteiger partial charge in [0, 0.05) is 55.6 Å². The number of aryl methyl sites for hydroxylation is 1. The van der Waals surface area contributed by atoms with Crippen molar-refractivity contribution < 1.29 is 4.74 Å². The standard InChI is InChI=1S/C24H30N8O2/c1-15(2)31-23(33)10-9-22(28-31)34-18-7-5-17(6-8-18)32-20-11-21(25-3)26-13-19(20)24(29-32)16-12-27-30(4)14-16/h9-15,17-18H,5-8H2,1-4H3,(H,25,26)/t17-,18+. The average Bonchev–Trinajstić information content (AvgIpc) is 3.43. The molecule has 1 saturated carbocycles. The molecular formula is C24H30N8O2. The minimum atomic E-state index is -0.114. The van der Waals surface area contributed by atoms with Crippen molar-refractivity contribution in [3.8, 4) is 17.1 Å². The molecule has 178 valence electrons. The molecule has 0 saturated heterocycles. The Balaban J connectivity index is 1.37. The predicted molar refractivity (Wildman–Crippen MR) is 130 cm³/mol. The second-order valence-corrected chi connectivity index (χ2v) is 9.13. The number of rotatable bonds is 6. The van der Waals surface area contributed by atoms with Gasteiger partial charge in [-0.2, -0.15) is 10.2 Å². The lowest BCUT2D eigenvalue weighted by molar-refractivity contribution is 0.122. The monoisotopic (exact) mass is 462 g/mol. The van der Waals surface area contributed by atoms with Crippen molar-refractivity contribution in [3.05, 3.63) is 47.1 Å². The van der Waals surface area contributed by atoms with Gasteiger partial charge in [0.2, 0.25) is 5.88 Å². The largest absolute Gasteiger partial charge is 0.473 e. The smallest absolute Gasteiger partial charge is 0.267 e. The molecule has 0 atom stereocenters. The zero-order valence-electron chi connectivity index (χ0n) is 20.0. The van der Waals surface area contributed by atoms with E-state index in [0.717, 1.165) is 53.7 Å². The third kappa shape index (κ3) is 4.15. The van der Waals surface area contributed by atoms with Crippen molar-refractivity contribution in [2.24, 2.45) is 7.05 Å². The Morgan fingerprint density at radius 3 is 2.59 bits per heavy atom. The maximum atomic E-state index is 12.0. The fourth-order valence-electron chi connectivity index (χ4n) is 4.62. The Morgan fingerprint density at radius 1 is 1.12 bits per heavy atom. The number of pyridine rings is 1. The van der Waals surface area contributed by atoms with Crippen LogP contribution in [-0.4, -0.2) is 47.5 Å². The van der Waals surface area contributed by atoms with Crippen molar-refractivity contribution in [2.45, 2.75) is 57.7 Å². The van der Waals surface area contributed by atoms with E-state index >= 15 is 0 Å². The number of ether oxygens (including phenoxy) is 1. The highest BCUT2D eigenvalue weighted by Gasteiger charge is 2.27. The Morgan fingerprint density at radius 2 is 1.91 bits per heavy atom. The molecule has 0 amide bonds. The quantitative estimate of drug-likeness (QED) is 0.467. The molecule has 10 heteroatoms. The molecule has 0 aliphatic heterocycles. The summed E-state index contributed by atoms with van der Waals surface area (Å²) in [6.45, 7) is 3.87. The minimum Gasteiger partial charge on any atom is -0.473 e. The zero-order chi connectivity index (χ0) is 23.8. The minimum absolute atomic E-state index is 0.00844. The molecule has 0 radical (unpaired) electrons. The molecule has 4 aromatic rings. The zero-order valence-corrected chi connectivity index (χ0v) is 20.0. The number of hydrogen-bond donors (Lipinski definition) is 1. The highest BCUT2D eigenvalue weighted by atomic mass is 16.5. The molecule has 1 aliphatic carbocycles. The molecule has 10 nitrogen and oxygen atoms in total. The van der Waals surface area contributed by atoms with Gasteiger partial charge in [0.15, 0.2) is 0 Å². The third-order valence-electron chi connectivity index (χ3n) is 6.39. The molecule has 34 heavy (non-hydrogen) atoms. The molecule has 1 N–H and O–H groups in total. The van der Waals surface area contributed by atoms with Gasteiger partial charge in [-0.05, 0) is 39.5 Å². The molecule has 1 fully saturated rings. The summed E-state index contributed by atoms with van der Waals surface area (Å²) in [4.78, 5) is 16.5. The highest BCUT2D eigenvalue weighted by Crippen LogP contribution is 2.36. The lowest BCUT2D eigenvalue weighted by atomic mass is 9.93. The summed E-state index contributed by atoms with van der Waals surface area (Å²) in [5.74, 6) is 1.32. The van der Waals surface area contributed by atoms with Crippen molar-refractivity contribution in [3.63, 3.8) is 0 Å². The van der Waals surface area contributed by atoms with Crippen molar-refractivity contribution in [1.82, 2.24) is 34.3 Å². The van der Waals surface area contributed by atoms with E-state index in [1.807, 2.05) is 46.5 Å². The van der Waals surface area contributed by atoms with E-state index < -0.39 is 0 Å². The molecule has 0 spiro atoms. The fourth-order valence-corrected chi connectivity index (χ4v) is 4.62. The molecule has 4 heterocycles. The fraction of sp³-hybridized carbons (Fsp3) is 0.458. The molecule has 0 unspecified atom stereocenters. The second kappa shape index (κ2) is 8.92. The van der Waals surface area contributed by atoms with E-state index in [4.69, 9.17) is 9.84 Å². The van der Waals surface area contributed by atoms with Crippen LogP contribution in [0.2, 0.25) is 0 Å². The lowest BCUT2D eigenvalue weighted by Gasteiger charge is -2.29. The first-order valence-electron chi connectivity index (χ1n) is 11.7. The highest BCUT2D eigenvalue weighted by molar-refractivity contribution is 5.93. The van der Waals surface area contributed by atoms with Crippen LogP contribution in [0.4, 0.5) is 5.82 Å². The van der Waals surface area contributed by atoms with Gasteiger partial charge in [0.05, 0.1) is 23.8 Å². The maximum Gasteiger partial charge on any atom is 0.267 e. The summed E-state index contributed by atoms with van der Waals surface area (Å²) in [5, 5.41) is 17.9. The summed E-state index contributed by atoms with van der Waals surface area (Å²) in [6.07, 6.45) is 9.43. The summed E-state index contributed by atoms with van der Waals surface area (Å²) in [5.41, 5.74) is 2.83. The summed E-state index contributed by atoms with van der Waals surface area (Å²) in [7, 11) is 3.78. The van der Waals surface area contributed by atoms with Crippen LogP contribution in [-0.2, 0) is 7.05 Å². The summed E-state index contributed by atoms with van der Waals surface area (Å²) < 4.78 is 11.6. The van der Waals surface area contributed by atoms with Gasteiger partial charge >= 0.3 is 0 Å². The average molecular weight is 463 g/mol. The Labute approximate surface area is 197 Å². The van der Waals surface area contributed by atoms with E-state index in [1.54, 1.807) is 10.7 Å². The normalized spacial score (nSPS) is 18.5. The predicted octanol–water partition coefficient (Wildman–Crippen LogP) is 3.57. The SMILES string of the molecule is CNc1cc2c(cn1)c(-c1cnn(C)c1)nn2[C@H]1CC[C@@H](Oc2ccc(=O)n(C(C)C)n2)CC1. The van der Waals surface area contributed by atoms with Gasteiger partial charge in [0.25, 0.3) is 5.56 Å². The van der Waals surface area contributed by atoms with Crippen LogP contribution in [0.3, 0.4) is 0 Å². The first-order chi connectivity index (χ1) is 16.4. The van der Waals surface area contributed by atoms with Crippen LogP contribution in [0, 0.1) is 0 Å².